The summed E-state index contributed by atoms with van der Waals surface area (Å²) in [6.45, 7) is 5.10. The number of imidazole rings is 1. The molecule has 1 atom stereocenters. The molecular formula is C18H20N6O3S. The van der Waals surface area contributed by atoms with Gasteiger partial charge in [0.1, 0.15) is 11.3 Å². The largest absolute Gasteiger partial charge is 0.365 e. The third kappa shape index (κ3) is 3.73. The summed E-state index contributed by atoms with van der Waals surface area (Å²) < 4.78 is 11.3. The van der Waals surface area contributed by atoms with Gasteiger partial charge >= 0.3 is 0 Å². The fourth-order valence-electron chi connectivity index (χ4n) is 3.05. The first-order chi connectivity index (χ1) is 13.5. The molecule has 0 radical (unpaired) electrons. The predicted octanol–water partition coefficient (Wildman–Crippen LogP) is 0.960. The molecule has 9 nitrogen and oxygen atoms in total. The average Bonchev–Trinajstić information content (AvgIpc) is 3.31. The lowest BCUT2D eigenvalue weighted by molar-refractivity contribution is -0.137. The van der Waals surface area contributed by atoms with Crippen LogP contribution in [0, 0.1) is 13.8 Å². The van der Waals surface area contributed by atoms with E-state index in [0.29, 0.717) is 31.0 Å². The van der Waals surface area contributed by atoms with E-state index in [-0.39, 0.29) is 18.4 Å². The standard InChI is InChI=1S/C18H20N6O3S/c1-11-3-4-16-20-13(9-24(16)8-11)18(26)23-5-6-27-14(10-23)17(25)19-7-15-12(2)21-22-28-15/h3-4,8-9,14H,5-7,10H2,1-2H3,(H,19,25). The number of carbonyl (C=O) groups excluding carboxylic acids is 2. The number of pyridine rings is 1. The van der Waals surface area contributed by atoms with Gasteiger partial charge in [-0.1, -0.05) is 10.6 Å². The van der Waals surface area contributed by atoms with Gasteiger partial charge in [-0.15, -0.1) is 5.10 Å². The van der Waals surface area contributed by atoms with Crippen LogP contribution >= 0.6 is 11.5 Å². The van der Waals surface area contributed by atoms with Crippen LogP contribution in [0.3, 0.4) is 0 Å². The molecule has 1 N–H and O–H groups in total. The Morgan fingerprint density at radius 3 is 2.96 bits per heavy atom. The molecule has 1 aliphatic heterocycles. The van der Waals surface area contributed by atoms with Crippen LogP contribution in [-0.2, 0) is 16.1 Å². The van der Waals surface area contributed by atoms with Crippen LogP contribution in [-0.4, -0.2) is 61.5 Å². The first-order valence-electron chi connectivity index (χ1n) is 8.93. The minimum atomic E-state index is -0.710. The minimum Gasteiger partial charge on any atom is -0.365 e. The number of nitrogens with zero attached hydrogens (tertiary/aromatic N) is 5. The number of ether oxygens (including phenoxy) is 1. The van der Waals surface area contributed by atoms with Crippen LogP contribution in [0.15, 0.2) is 24.5 Å². The molecule has 4 rings (SSSR count). The molecule has 4 heterocycles. The zero-order chi connectivity index (χ0) is 19.7. The normalized spacial score (nSPS) is 17.1. The van der Waals surface area contributed by atoms with E-state index >= 15 is 0 Å². The van der Waals surface area contributed by atoms with Crippen molar-refractivity contribution < 1.29 is 14.3 Å². The summed E-state index contributed by atoms with van der Waals surface area (Å²) in [6, 6.07) is 3.82. The van der Waals surface area contributed by atoms with Crippen LogP contribution in [0.25, 0.3) is 5.65 Å². The number of aryl methyl sites for hydroxylation is 2. The molecule has 2 amide bonds. The molecule has 10 heteroatoms. The lowest BCUT2D eigenvalue weighted by atomic mass is 10.2. The summed E-state index contributed by atoms with van der Waals surface area (Å²) >= 11 is 1.25. The molecule has 1 fully saturated rings. The molecule has 0 aliphatic carbocycles. The summed E-state index contributed by atoms with van der Waals surface area (Å²) in [5.74, 6) is -0.458. The molecule has 3 aromatic rings. The van der Waals surface area contributed by atoms with Crippen LogP contribution in [0.4, 0.5) is 0 Å². The maximum absolute atomic E-state index is 12.9. The summed E-state index contributed by atoms with van der Waals surface area (Å²) in [6.07, 6.45) is 2.93. The molecule has 28 heavy (non-hydrogen) atoms. The third-order valence-corrected chi connectivity index (χ3v) is 5.46. The van der Waals surface area contributed by atoms with E-state index in [4.69, 9.17) is 4.74 Å². The van der Waals surface area contributed by atoms with Crippen LogP contribution in [0.2, 0.25) is 0 Å². The van der Waals surface area contributed by atoms with Gasteiger partial charge in [-0.25, -0.2) is 4.98 Å². The lowest BCUT2D eigenvalue weighted by Crippen LogP contribution is -2.51. The second-order valence-corrected chi connectivity index (χ2v) is 7.55. The number of hydrogen-bond donors (Lipinski definition) is 1. The summed E-state index contributed by atoms with van der Waals surface area (Å²) in [7, 11) is 0. The van der Waals surface area contributed by atoms with Crippen molar-refractivity contribution in [3.8, 4) is 0 Å². The molecule has 0 spiro atoms. The zero-order valence-corrected chi connectivity index (χ0v) is 16.4. The minimum absolute atomic E-state index is 0.192. The Labute approximate surface area is 165 Å². The predicted molar refractivity (Wildman–Crippen MR) is 102 cm³/mol. The van der Waals surface area contributed by atoms with E-state index < -0.39 is 6.10 Å². The second kappa shape index (κ2) is 7.64. The van der Waals surface area contributed by atoms with Crippen molar-refractivity contribution >= 4 is 29.0 Å². The van der Waals surface area contributed by atoms with Crippen molar-refractivity contribution in [2.45, 2.75) is 26.5 Å². The number of morpholine rings is 1. The first kappa shape index (κ1) is 18.5. The third-order valence-electron chi connectivity index (χ3n) is 4.63. The van der Waals surface area contributed by atoms with Crippen molar-refractivity contribution in [3.05, 3.63) is 46.4 Å². The molecule has 1 aliphatic rings. The van der Waals surface area contributed by atoms with E-state index in [2.05, 4.69) is 19.9 Å². The fraction of sp³-hybridized carbons (Fsp3) is 0.389. The Morgan fingerprint density at radius 2 is 2.18 bits per heavy atom. The van der Waals surface area contributed by atoms with Gasteiger partial charge in [0.15, 0.2) is 6.10 Å². The Balaban J connectivity index is 1.41. The maximum Gasteiger partial charge on any atom is 0.274 e. The number of amides is 2. The van der Waals surface area contributed by atoms with Crippen LogP contribution < -0.4 is 5.32 Å². The quantitative estimate of drug-likeness (QED) is 0.700. The van der Waals surface area contributed by atoms with Crippen molar-refractivity contribution in [3.63, 3.8) is 0 Å². The smallest absolute Gasteiger partial charge is 0.274 e. The topological polar surface area (TPSA) is 102 Å². The van der Waals surface area contributed by atoms with Gasteiger partial charge < -0.3 is 19.4 Å². The molecule has 0 saturated carbocycles. The Hall–Kier alpha value is -2.85. The van der Waals surface area contributed by atoms with E-state index in [1.54, 1.807) is 11.1 Å². The number of rotatable bonds is 4. The highest BCUT2D eigenvalue weighted by Crippen LogP contribution is 2.14. The summed E-state index contributed by atoms with van der Waals surface area (Å²) in [4.78, 5) is 32.2. The van der Waals surface area contributed by atoms with E-state index in [9.17, 15) is 9.59 Å². The number of nitrogens with one attached hydrogen (secondary N) is 1. The molecule has 146 valence electrons. The molecule has 1 saturated heterocycles. The number of hydrogen-bond acceptors (Lipinski definition) is 7. The second-order valence-electron chi connectivity index (χ2n) is 6.71. The molecular weight excluding hydrogens is 380 g/mol. The fourth-order valence-corrected chi connectivity index (χ4v) is 3.63. The SMILES string of the molecule is Cc1ccc2nc(C(=O)N3CCOC(C(=O)NCc4snnc4C)C3)cn2c1. The number of aromatic nitrogens is 4. The van der Waals surface area contributed by atoms with Gasteiger partial charge in [-0.2, -0.15) is 0 Å². The van der Waals surface area contributed by atoms with Gasteiger partial charge in [-0.3, -0.25) is 9.59 Å². The molecule has 0 aromatic carbocycles. The molecule has 3 aromatic heterocycles. The first-order valence-corrected chi connectivity index (χ1v) is 9.70. The number of carbonyl (C=O) groups is 2. The van der Waals surface area contributed by atoms with Crippen molar-refractivity contribution in [2.24, 2.45) is 0 Å². The van der Waals surface area contributed by atoms with Crippen molar-refractivity contribution in [2.75, 3.05) is 19.7 Å². The van der Waals surface area contributed by atoms with Gasteiger partial charge in [0.05, 0.1) is 30.3 Å². The van der Waals surface area contributed by atoms with Gasteiger partial charge in [0, 0.05) is 18.9 Å². The number of fused-ring (bicyclic) bond motifs is 1. The van der Waals surface area contributed by atoms with E-state index in [0.717, 1.165) is 16.1 Å². The summed E-state index contributed by atoms with van der Waals surface area (Å²) in [5.41, 5.74) is 2.95. The van der Waals surface area contributed by atoms with Crippen LogP contribution in [0.5, 0.6) is 0 Å². The average molecular weight is 400 g/mol. The Morgan fingerprint density at radius 1 is 1.32 bits per heavy atom. The van der Waals surface area contributed by atoms with Gasteiger partial charge in [-0.05, 0) is 37.0 Å². The van der Waals surface area contributed by atoms with Crippen molar-refractivity contribution in [1.29, 1.82) is 0 Å². The maximum atomic E-state index is 12.9. The van der Waals surface area contributed by atoms with E-state index in [1.807, 2.05) is 36.6 Å². The highest BCUT2D eigenvalue weighted by molar-refractivity contribution is 7.05. The molecule has 1 unspecified atom stereocenters. The Kier molecular flexibility index (Phi) is 5.05. The van der Waals surface area contributed by atoms with Crippen molar-refractivity contribution in [1.82, 2.24) is 29.2 Å². The van der Waals surface area contributed by atoms with Crippen LogP contribution in [0.1, 0.15) is 26.6 Å². The van der Waals surface area contributed by atoms with Gasteiger partial charge in [0.25, 0.3) is 11.8 Å². The summed E-state index contributed by atoms with van der Waals surface area (Å²) in [5, 5.41) is 6.75. The zero-order valence-electron chi connectivity index (χ0n) is 15.6. The van der Waals surface area contributed by atoms with E-state index in [1.165, 1.54) is 11.5 Å². The monoisotopic (exact) mass is 400 g/mol. The highest BCUT2D eigenvalue weighted by atomic mass is 32.1. The Bertz CT molecular complexity index is 1030. The molecule has 0 bridgehead atoms. The highest BCUT2D eigenvalue weighted by Gasteiger charge is 2.30. The lowest BCUT2D eigenvalue weighted by Gasteiger charge is -2.31. The van der Waals surface area contributed by atoms with Gasteiger partial charge in [0.2, 0.25) is 0 Å².